The summed E-state index contributed by atoms with van der Waals surface area (Å²) in [5.41, 5.74) is 0.640. The molecule has 1 rings (SSSR count). The Labute approximate surface area is 140 Å². The van der Waals surface area contributed by atoms with Crippen molar-refractivity contribution in [3.8, 4) is 0 Å². The van der Waals surface area contributed by atoms with Crippen LogP contribution in [0.1, 0.15) is 39.7 Å². The molecule has 0 aromatic heterocycles. The molecule has 0 amide bonds. The summed E-state index contributed by atoms with van der Waals surface area (Å²) in [6, 6.07) is 7.88. The summed E-state index contributed by atoms with van der Waals surface area (Å²) < 4.78 is 13.6. The van der Waals surface area contributed by atoms with Gasteiger partial charge in [0.15, 0.2) is 5.96 Å². The summed E-state index contributed by atoms with van der Waals surface area (Å²) in [6.07, 6.45) is 1.04. The average Bonchev–Trinajstić information content (AvgIpc) is 2.50. The van der Waals surface area contributed by atoms with E-state index in [4.69, 9.17) is 0 Å². The van der Waals surface area contributed by atoms with E-state index >= 15 is 0 Å². The molecule has 130 valence electrons. The van der Waals surface area contributed by atoms with Gasteiger partial charge in [-0.25, -0.2) is 4.39 Å². The zero-order chi connectivity index (χ0) is 17.2. The van der Waals surface area contributed by atoms with Crippen molar-refractivity contribution >= 4 is 5.96 Å². The van der Waals surface area contributed by atoms with E-state index in [1.54, 1.807) is 19.2 Å². The largest absolute Gasteiger partial charge is 0.356 e. The van der Waals surface area contributed by atoms with Crippen LogP contribution in [0.15, 0.2) is 29.3 Å². The minimum Gasteiger partial charge on any atom is -0.356 e. The average molecular weight is 322 g/mol. The van der Waals surface area contributed by atoms with Crippen LogP contribution in [0.4, 0.5) is 4.39 Å². The first-order valence-corrected chi connectivity index (χ1v) is 8.39. The molecule has 0 saturated carbocycles. The molecule has 0 atom stereocenters. The maximum Gasteiger partial charge on any atom is 0.191 e. The highest BCUT2D eigenvalue weighted by molar-refractivity contribution is 5.79. The molecule has 0 spiro atoms. The van der Waals surface area contributed by atoms with Crippen molar-refractivity contribution in [2.24, 2.45) is 4.99 Å². The van der Waals surface area contributed by atoms with Crippen LogP contribution in [-0.4, -0.2) is 43.1 Å². The van der Waals surface area contributed by atoms with Crippen molar-refractivity contribution in [3.63, 3.8) is 0 Å². The predicted molar refractivity (Wildman–Crippen MR) is 96.2 cm³/mol. The van der Waals surface area contributed by atoms with Gasteiger partial charge in [0.05, 0.1) is 0 Å². The highest BCUT2D eigenvalue weighted by atomic mass is 19.1. The van der Waals surface area contributed by atoms with Crippen molar-refractivity contribution in [3.05, 3.63) is 35.6 Å². The lowest BCUT2D eigenvalue weighted by molar-refractivity contribution is 0.173. The molecule has 0 aliphatic rings. The van der Waals surface area contributed by atoms with Crippen molar-refractivity contribution in [1.29, 1.82) is 0 Å². The van der Waals surface area contributed by atoms with Gasteiger partial charge in [-0.05, 0) is 40.2 Å². The van der Waals surface area contributed by atoms with E-state index in [1.807, 2.05) is 6.07 Å². The van der Waals surface area contributed by atoms with Gasteiger partial charge in [0.25, 0.3) is 0 Å². The number of hydrogen-bond donors (Lipinski definition) is 2. The lowest BCUT2D eigenvalue weighted by atomic mass is 10.2. The quantitative estimate of drug-likeness (QED) is 0.439. The third-order valence-electron chi connectivity index (χ3n) is 3.84. The number of rotatable bonds is 8. The summed E-state index contributed by atoms with van der Waals surface area (Å²) >= 11 is 0. The Morgan fingerprint density at radius 1 is 1.13 bits per heavy atom. The van der Waals surface area contributed by atoms with Crippen molar-refractivity contribution < 1.29 is 4.39 Å². The van der Waals surface area contributed by atoms with Crippen molar-refractivity contribution in [2.45, 2.75) is 52.7 Å². The number of nitrogens with one attached hydrogen (secondary N) is 2. The molecule has 0 aliphatic carbocycles. The van der Waals surface area contributed by atoms with E-state index in [2.05, 4.69) is 48.2 Å². The third kappa shape index (κ3) is 6.99. The molecule has 0 saturated heterocycles. The smallest absolute Gasteiger partial charge is 0.191 e. The zero-order valence-electron chi connectivity index (χ0n) is 15.1. The van der Waals surface area contributed by atoms with Crippen LogP contribution in [0.5, 0.6) is 0 Å². The SMILES string of the molecule is CN=C(NCCCN(C(C)C)C(C)C)NCc1ccccc1F. The number of benzene rings is 1. The summed E-state index contributed by atoms with van der Waals surface area (Å²) in [6.45, 7) is 11.2. The Kier molecular flexibility index (Phi) is 8.62. The number of nitrogens with zero attached hydrogens (tertiary/aromatic N) is 2. The molecule has 2 N–H and O–H groups in total. The summed E-state index contributed by atoms with van der Waals surface area (Å²) in [4.78, 5) is 6.65. The number of guanidine groups is 1. The van der Waals surface area contributed by atoms with Crippen LogP contribution >= 0.6 is 0 Å². The van der Waals surface area contributed by atoms with Gasteiger partial charge in [-0.15, -0.1) is 0 Å². The molecular weight excluding hydrogens is 291 g/mol. The van der Waals surface area contributed by atoms with Gasteiger partial charge >= 0.3 is 0 Å². The fraction of sp³-hybridized carbons (Fsp3) is 0.611. The highest BCUT2D eigenvalue weighted by Crippen LogP contribution is 2.06. The molecule has 0 aliphatic heterocycles. The number of halogens is 1. The maximum atomic E-state index is 13.6. The lowest BCUT2D eigenvalue weighted by Gasteiger charge is -2.30. The first kappa shape index (κ1) is 19.4. The monoisotopic (exact) mass is 322 g/mol. The van der Waals surface area contributed by atoms with Gasteiger partial charge in [-0.1, -0.05) is 18.2 Å². The molecule has 5 heteroatoms. The molecule has 0 radical (unpaired) electrons. The summed E-state index contributed by atoms with van der Waals surface area (Å²) in [7, 11) is 1.73. The minimum atomic E-state index is -0.194. The van der Waals surface area contributed by atoms with Crippen LogP contribution in [-0.2, 0) is 6.54 Å². The van der Waals surface area contributed by atoms with Crippen LogP contribution in [0.2, 0.25) is 0 Å². The van der Waals surface area contributed by atoms with Gasteiger partial charge in [0, 0.05) is 44.3 Å². The summed E-state index contributed by atoms with van der Waals surface area (Å²) in [5, 5.41) is 6.43. The Balaban J connectivity index is 2.33. The fourth-order valence-electron chi connectivity index (χ4n) is 2.62. The Morgan fingerprint density at radius 3 is 2.35 bits per heavy atom. The molecule has 23 heavy (non-hydrogen) atoms. The zero-order valence-corrected chi connectivity index (χ0v) is 15.1. The fourth-order valence-corrected chi connectivity index (χ4v) is 2.62. The van der Waals surface area contributed by atoms with E-state index in [-0.39, 0.29) is 5.82 Å². The lowest BCUT2D eigenvalue weighted by Crippen LogP contribution is -2.41. The van der Waals surface area contributed by atoms with Crippen LogP contribution in [0.3, 0.4) is 0 Å². The van der Waals surface area contributed by atoms with E-state index in [0.29, 0.717) is 30.2 Å². The van der Waals surface area contributed by atoms with E-state index in [9.17, 15) is 4.39 Å². The van der Waals surface area contributed by atoms with Gasteiger partial charge in [-0.3, -0.25) is 9.89 Å². The summed E-state index contributed by atoms with van der Waals surface area (Å²) in [5.74, 6) is 0.508. The number of hydrogen-bond acceptors (Lipinski definition) is 2. The molecule has 4 nitrogen and oxygen atoms in total. The van der Waals surface area contributed by atoms with Gasteiger partial charge in [0.2, 0.25) is 0 Å². The normalized spacial score (nSPS) is 12.3. The number of aliphatic imine (C=N–C) groups is 1. The predicted octanol–water partition coefficient (Wildman–Crippen LogP) is 3.00. The standard InChI is InChI=1S/C18H31FN4/c1-14(2)23(15(3)4)12-8-11-21-18(20-5)22-13-16-9-6-7-10-17(16)19/h6-7,9-10,14-15H,8,11-13H2,1-5H3,(H2,20,21,22). The molecule has 0 heterocycles. The molecule has 1 aromatic carbocycles. The van der Waals surface area contributed by atoms with Crippen LogP contribution < -0.4 is 10.6 Å². The molecule has 0 unspecified atom stereocenters. The van der Waals surface area contributed by atoms with Crippen molar-refractivity contribution in [2.75, 3.05) is 20.1 Å². The third-order valence-corrected chi connectivity index (χ3v) is 3.84. The molecular formula is C18H31FN4. The Hall–Kier alpha value is -1.62. The Morgan fingerprint density at radius 2 is 1.78 bits per heavy atom. The molecule has 1 aromatic rings. The van der Waals surface area contributed by atoms with Crippen LogP contribution in [0, 0.1) is 5.82 Å². The first-order valence-electron chi connectivity index (χ1n) is 8.39. The molecule has 0 fully saturated rings. The minimum absolute atomic E-state index is 0.194. The maximum absolute atomic E-state index is 13.6. The highest BCUT2D eigenvalue weighted by Gasteiger charge is 2.12. The van der Waals surface area contributed by atoms with E-state index < -0.39 is 0 Å². The first-order chi connectivity index (χ1) is 11.0. The second kappa shape index (κ2) is 10.2. The van der Waals surface area contributed by atoms with E-state index in [1.165, 1.54) is 6.07 Å². The second-order valence-corrected chi connectivity index (χ2v) is 6.22. The van der Waals surface area contributed by atoms with Gasteiger partial charge < -0.3 is 10.6 Å². The van der Waals surface area contributed by atoms with Gasteiger partial charge in [0.1, 0.15) is 5.82 Å². The molecule has 0 bridgehead atoms. The van der Waals surface area contributed by atoms with Crippen LogP contribution in [0.25, 0.3) is 0 Å². The van der Waals surface area contributed by atoms with E-state index in [0.717, 1.165) is 19.5 Å². The topological polar surface area (TPSA) is 39.7 Å². The Bertz CT molecular complexity index is 478. The second-order valence-electron chi connectivity index (χ2n) is 6.22. The van der Waals surface area contributed by atoms with Crippen molar-refractivity contribution in [1.82, 2.24) is 15.5 Å². The van der Waals surface area contributed by atoms with Gasteiger partial charge in [-0.2, -0.15) is 0 Å².